The first kappa shape index (κ1) is 10.5. The molecule has 0 aliphatic rings. The Kier molecular flexibility index (Phi) is 3.92. The Balaban J connectivity index is 2.64. The minimum absolute atomic E-state index is 0.0863. The maximum absolute atomic E-state index is 11.2. The number of carbonyl (C=O) groups is 1. The van der Waals surface area contributed by atoms with Crippen LogP contribution in [0.15, 0.2) is 36.4 Å². The average molecular weight is 189 g/mol. The molecule has 0 fully saturated rings. The van der Waals surface area contributed by atoms with Gasteiger partial charge in [0.2, 0.25) is 5.91 Å². The maximum Gasteiger partial charge on any atom is 0.248 e. The summed E-state index contributed by atoms with van der Waals surface area (Å²) in [6, 6.07) is 7.87. The van der Waals surface area contributed by atoms with Gasteiger partial charge in [0.1, 0.15) is 0 Å². The summed E-state index contributed by atoms with van der Waals surface area (Å²) in [5, 5.41) is 2.77. The summed E-state index contributed by atoms with van der Waals surface area (Å²) in [7, 11) is 0. The number of benzene rings is 1. The predicted octanol–water partition coefficient (Wildman–Crippen LogP) is 2.76. The molecule has 1 amide bonds. The number of rotatable bonds is 3. The molecule has 0 unspecified atom stereocenters. The fourth-order valence-electron chi connectivity index (χ4n) is 1.16. The zero-order valence-corrected chi connectivity index (χ0v) is 8.58. The minimum atomic E-state index is -0.0863. The van der Waals surface area contributed by atoms with Crippen molar-refractivity contribution in [3.63, 3.8) is 0 Å². The molecular formula is C12H15NO. The van der Waals surface area contributed by atoms with Crippen LogP contribution in [0.3, 0.4) is 0 Å². The summed E-state index contributed by atoms with van der Waals surface area (Å²) in [5.41, 5.74) is 2.11. The summed E-state index contributed by atoms with van der Waals surface area (Å²) in [6.45, 7) is 3.92. The van der Waals surface area contributed by atoms with Crippen molar-refractivity contribution in [2.75, 3.05) is 5.32 Å². The van der Waals surface area contributed by atoms with Gasteiger partial charge in [-0.3, -0.25) is 4.79 Å². The maximum atomic E-state index is 11.2. The molecule has 0 aliphatic heterocycles. The summed E-state index contributed by atoms with van der Waals surface area (Å²) < 4.78 is 0. The van der Waals surface area contributed by atoms with E-state index in [0.717, 1.165) is 12.1 Å². The van der Waals surface area contributed by atoms with Crippen LogP contribution in [0.4, 0.5) is 5.69 Å². The van der Waals surface area contributed by atoms with Gasteiger partial charge in [0.15, 0.2) is 0 Å². The van der Waals surface area contributed by atoms with E-state index in [-0.39, 0.29) is 5.91 Å². The van der Waals surface area contributed by atoms with Crippen LogP contribution in [0.1, 0.15) is 19.4 Å². The van der Waals surface area contributed by atoms with Gasteiger partial charge >= 0.3 is 0 Å². The standard InChI is InChI=1S/C12H15NO/c1-3-5-12(14)13-11-8-6-10(4-2)7-9-11/h3,5-9H,4H2,1-2H3,(H,13,14)/b5-3+. The first-order valence-corrected chi connectivity index (χ1v) is 4.79. The van der Waals surface area contributed by atoms with E-state index in [1.165, 1.54) is 11.6 Å². The Labute approximate surface area is 84.6 Å². The zero-order valence-electron chi connectivity index (χ0n) is 8.58. The molecular weight excluding hydrogens is 174 g/mol. The van der Waals surface area contributed by atoms with Gasteiger partial charge in [-0.25, -0.2) is 0 Å². The molecule has 1 aromatic carbocycles. The van der Waals surface area contributed by atoms with E-state index in [9.17, 15) is 4.79 Å². The smallest absolute Gasteiger partial charge is 0.248 e. The van der Waals surface area contributed by atoms with Gasteiger partial charge in [-0.05, 0) is 37.1 Å². The second-order valence-corrected chi connectivity index (χ2v) is 3.04. The SMILES string of the molecule is C/C=C/C(=O)Nc1ccc(CC)cc1. The van der Waals surface area contributed by atoms with E-state index < -0.39 is 0 Å². The minimum Gasteiger partial charge on any atom is -0.323 e. The van der Waals surface area contributed by atoms with Crippen molar-refractivity contribution in [1.82, 2.24) is 0 Å². The van der Waals surface area contributed by atoms with E-state index in [2.05, 4.69) is 12.2 Å². The molecule has 0 saturated carbocycles. The zero-order chi connectivity index (χ0) is 10.4. The lowest BCUT2D eigenvalue weighted by Crippen LogP contribution is -2.07. The number of carbonyl (C=O) groups excluding carboxylic acids is 1. The molecule has 1 rings (SSSR count). The predicted molar refractivity (Wildman–Crippen MR) is 59.3 cm³/mol. The largest absolute Gasteiger partial charge is 0.323 e. The number of hydrogen-bond donors (Lipinski definition) is 1. The number of nitrogens with one attached hydrogen (secondary N) is 1. The van der Waals surface area contributed by atoms with E-state index in [0.29, 0.717) is 0 Å². The van der Waals surface area contributed by atoms with Crippen LogP contribution < -0.4 is 5.32 Å². The van der Waals surface area contributed by atoms with Crippen molar-refractivity contribution in [3.8, 4) is 0 Å². The van der Waals surface area contributed by atoms with E-state index in [1.807, 2.05) is 31.2 Å². The number of hydrogen-bond acceptors (Lipinski definition) is 1. The van der Waals surface area contributed by atoms with Gasteiger partial charge in [-0.15, -0.1) is 0 Å². The molecule has 0 radical (unpaired) electrons. The second kappa shape index (κ2) is 5.22. The summed E-state index contributed by atoms with van der Waals surface area (Å²) in [5.74, 6) is -0.0863. The summed E-state index contributed by atoms with van der Waals surface area (Å²) in [4.78, 5) is 11.2. The van der Waals surface area contributed by atoms with Crippen LogP contribution in [0.5, 0.6) is 0 Å². The van der Waals surface area contributed by atoms with Crippen molar-refractivity contribution >= 4 is 11.6 Å². The molecule has 2 nitrogen and oxygen atoms in total. The molecule has 0 heterocycles. The molecule has 14 heavy (non-hydrogen) atoms. The van der Waals surface area contributed by atoms with Crippen molar-refractivity contribution in [1.29, 1.82) is 0 Å². The van der Waals surface area contributed by atoms with Crippen molar-refractivity contribution < 1.29 is 4.79 Å². The van der Waals surface area contributed by atoms with Gasteiger partial charge < -0.3 is 5.32 Å². The molecule has 1 N–H and O–H groups in total. The highest BCUT2D eigenvalue weighted by molar-refractivity contribution is 5.99. The van der Waals surface area contributed by atoms with Crippen LogP contribution in [0, 0.1) is 0 Å². The first-order valence-electron chi connectivity index (χ1n) is 4.79. The summed E-state index contributed by atoms with van der Waals surface area (Å²) >= 11 is 0. The molecule has 0 saturated heterocycles. The molecule has 2 heteroatoms. The van der Waals surface area contributed by atoms with Gasteiger partial charge in [-0.2, -0.15) is 0 Å². The Hall–Kier alpha value is -1.57. The van der Waals surface area contributed by atoms with E-state index in [1.54, 1.807) is 6.08 Å². The Morgan fingerprint density at radius 3 is 2.50 bits per heavy atom. The molecule has 0 spiro atoms. The molecule has 0 atom stereocenters. The Morgan fingerprint density at radius 1 is 1.36 bits per heavy atom. The third kappa shape index (κ3) is 3.05. The Bertz CT molecular complexity index is 325. The second-order valence-electron chi connectivity index (χ2n) is 3.04. The number of amides is 1. The average Bonchev–Trinajstić information content (AvgIpc) is 2.19. The van der Waals surface area contributed by atoms with Gasteiger partial charge in [0, 0.05) is 5.69 Å². The highest BCUT2D eigenvalue weighted by atomic mass is 16.1. The normalized spacial score (nSPS) is 10.4. The highest BCUT2D eigenvalue weighted by Gasteiger charge is 1.96. The lowest BCUT2D eigenvalue weighted by Gasteiger charge is -2.02. The van der Waals surface area contributed by atoms with Crippen molar-refractivity contribution in [3.05, 3.63) is 42.0 Å². The molecule has 0 aliphatic carbocycles. The van der Waals surface area contributed by atoms with Crippen molar-refractivity contribution in [2.24, 2.45) is 0 Å². The Morgan fingerprint density at radius 2 is 2.00 bits per heavy atom. The van der Waals surface area contributed by atoms with E-state index >= 15 is 0 Å². The molecule has 74 valence electrons. The van der Waals surface area contributed by atoms with Crippen LogP contribution in [0.2, 0.25) is 0 Å². The van der Waals surface area contributed by atoms with Gasteiger partial charge in [0.05, 0.1) is 0 Å². The van der Waals surface area contributed by atoms with Gasteiger partial charge in [0.25, 0.3) is 0 Å². The third-order valence-corrected chi connectivity index (χ3v) is 1.95. The topological polar surface area (TPSA) is 29.1 Å². The van der Waals surface area contributed by atoms with Crippen LogP contribution >= 0.6 is 0 Å². The number of aryl methyl sites for hydroxylation is 1. The first-order chi connectivity index (χ1) is 6.76. The summed E-state index contributed by atoms with van der Waals surface area (Å²) in [6.07, 6.45) is 4.24. The third-order valence-electron chi connectivity index (χ3n) is 1.95. The molecule has 0 aromatic heterocycles. The quantitative estimate of drug-likeness (QED) is 0.728. The van der Waals surface area contributed by atoms with Crippen molar-refractivity contribution in [2.45, 2.75) is 20.3 Å². The molecule has 0 bridgehead atoms. The van der Waals surface area contributed by atoms with Crippen LogP contribution in [-0.4, -0.2) is 5.91 Å². The van der Waals surface area contributed by atoms with Gasteiger partial charge in [-0.1, -0.05) is 25.1 Å². The van der Waals surface area contributed by atoms with E-state index in [4.69, 9.17) is 0 Å². The monoisotopic (exact) mass is 189 g/mol. The number of allylic oxidation sites excluding steroid dienone is 1. The van der Waals surface area contributed by atoms with Crippen LogP contribution in [0.25, 0.3) is 0 Å². The fraction of sp³-hybridized carbons (Fsp3) is 0.250. The lowest BCUT2D eigenvalue weighted by molar-refractivity contribution is -0.111. The highest BCUT2D eigenvalue weighted by Crippen LogP contribution is 2.09. The molecule has 1 aromatic rings. The lowest BCUT2D eigenvalue weighted by atomic mass is 10.1. The fourth-order valence-corrected chi connectivity index (χ4v) is 1.16. The number of anilines is 1. The van der Waals surface area contributed by atoms with Crippen LogP contribution in [-0.2, 0) is 11.2 Å².